The lowest BCUT2D eigenvalue weighted by Gasteiger charge is -2.08. The van der Waals surface area contributed by atoms with Crippen molar-refractivity contribution in [1.82, 2.24) is 19.9 Å². The summed E-state index contributed by atoms with van der Waals surface area (Å²) in [5, 5.41) is 3.98. The van der Waals surface area contributed by atoms with Crippen LogP contribution in [0.25, 0.3) is 10.9 Å². The van der Waals surface area contributed by atoms with Crippen molar-refractivity contribution in [3.05, 3.63) is 64.5 Å². The Labute approximate surface area is 143 Å². The van der Waals surface area contributed by atoms with Gasteiger partial charge in [0, 0.05) is 30.9 Å². The zero-order valence-electron chi connectivity index (χ0n) is 13.3. The van der Waals surface area contributed by atoms with Gasteiger partial charge in [-0.25, -0.2) is 4.98 Å². The summed E-state index contributed by atoms with van der Waals surface area (Å²) in [7, 11) is 0. The first-order valence-electron chi connectivity index (χ1n) is 7.58. The quantitative estimate of drug-likeness (QED) is 0.718. The van der Waals surface area contributed by atoms with Crippen molar-refractivity contribution in [3.8, 4) is 0 Å². The van der Waals surface area contributed by atoms with Crippen LogP contribution in [0.4, 0.5) is 0 Å². The number of rotatable bonds is 6. The van der Waals surface area contributed by atoms with Gasteiger partial charge in [-0.1, -0.05) is 18.2 Å². The van der Waals surface area contributed by atoms with Crippen molar-refractivity contribution in [2.24, 2.45) is 0 Å². The summed E-state index contributed by atoms with van der Waals surface area (Å²) < 4.78 is 2.08. The molecule has 0 aliphatic rings. The van der Waals surface area contributed by atoms with Gasteiger partial charge in [0.1, 0.15) is 11.5 Å². The maximum atomic E-state index is 12.2. The number of nitrogens with zero attached hydrogens (tertiary/aromatic N) is 2. The zero-order chi connectivity index (χ0) is 16.9. The van der Waals surface area contributed by atoms with Gasteiger partial charge in [0.05, 0.1) is 5.75 Å². The van der Waals surface area contributed by atoms with Crippen LogP contribution < -0.4 is 10.9 Å². The maximum absolute atomic E-state index is 12.2. The van der Waals surface area contributed by atoms with E-state index in [-0.39, 0.29) is 17.2 Å². The molecule has 0 atom stereocenters. The average molecular weight is 342 g/mol. The third kappa shape index (κ3) is 3.68. The lowest BCUT2D eigenvalue weighted by atomic mass is 10.2. The molecule has 0 saturated carbocycles. The van der Waals surface area contributed by atoms with E-state index in [2.05, 4.69) is 25.9 Å². The highest BCUT2D eigenvalue weighted by atomic mass is 32.2. The normalized spacial score (nSPS) is 10.9. The number of H-pyrrole nitrogens is 1. The van der Waals surface area contributed by atoms with Crippen molar-refractivity contribution in [2.45, 2.75) is 12.3 Å². The van der Waals surface area contributed by atoms with Crippen LogP contribution in [-0.4, -0.2) is 33.2 Å². The number of benzene rings is 1. The number of carbonyl (C=O) groups is 1. The smallest absolute Gasteiger partial charge is 0.270 e. The minimum absolute atomic E-state index is 0.153. The second-order valence-electron chi connectivity index (χ2n) is 5.33. The average Bonchev–Trinajstić information content (AvgIpc) is 2.98. The Hall–Kier alpha value is -2.54. The Morgan fingerprint density at radius 2 is 2.17 bits per heavy atom. The summed E-state index contributed by atoms with van der Waals surface area (Å²) in [6, 6.07) is 11.4. The van der Waals surface area contributed by atoms with E-state index in [1.54, 1.807) is 0 Å². The van der Waals surface area contributed by atoms with E-state index in [1.807, 2.05) is 36.7 Å². The molecule has 1 aromatic carbocycles. The van der Waals surface area contributed by atoms with E-state index < -0.39 is 0 Å². The monoisotopic (exact) mass is 342 g/mol. The molecule has 3 aromatic rings. The van der Waals surface area contributed by atoms with E-state index >= 15 is 0 Å². The molecule has 0 fully saturated rings. The second-order valence-corrected chi connectivity index (χ2v) is 6.20. The van der Waals surface area contributed by atoms with Gasteiger partial charge in [0.15, 0.2) is 0 Å². The van der Waals surface area contributed by atoms with Gasteiger partial charge in [-0.05, 0) is 23.8 Å². The van der Waals surface area contributed by atoms with Crippen LogP contribution in [-0.2, 0) is 12.3 Å². The summed E-state index contributed by atoms with van der Waals surface area (Å²) >= 11 is 1.53. The number of nitrogens with one attached hydrogen (secondary N) is 2. The molecule has 124 valence electrons. The predicted molar refractivity (Wildman–Crippen MR) is 96.3 cm³/mol. The van der Waals surface area contributed by atoms with Gasteiger partial charge in [-0.15, -0.1) is 0 Å². The lowest BCUT2D eigenvalue weighted by Crippen LogP contribution is -2.29. The molecule has 2 heterocycles. The number of aromatic amines is 1. The molecular weight excluding hydrogens is 324 g/mol. The molecule has 0 saturated heterocycles. The second kappa shape index (κ2) is 7.35. The Morgan fingerprint density at radius 1 is 1.33 bits per heavy atom. The van der Waals surface area contributed by atoms with Gasteiger partial charge in [0.2, 0.25) is 0 Å². The third-order valence-electron chi connectivity index (χ3n) is 3.62. The largest absolute Gasteiger partial charge is 0.349 e. The van der Waals surface area contributed by atoms with Crippen molar-refractivity contribution < 1.29 is 4.79 Å². The summed E-state index contributed by atoms with van der Waals surface area (Å²) in [5.41, 5.74) is 0.971. The number of para-hydroxylation sites is 1. The number of carbonyl (C=O) groups excluding carboxylic acids is 1. The molecule has 2 aromatic heterocycles. The Balaban J connectivity index is 1.64. The topological polar surface area (TPSA) is 79.8 Å². The highest BCUT2D eigenvalue weighted by Gasteiger charge is 2.10. The van der Waals surface area contributed by atoms with Crippen LogP contribution in [0.2, 0.25) is 0 Å². The molecular formula is C17H18N4O2S. The SMILES string of the molecule is CSCc1nc(C(=O)NCCn2ccc3ccccc32)cc(=O)[nH]1. The van der Waals surface area contributed by atoms with Crippen LogP contribution in [0.5, 0.6) is 0 Å². The number of thioether (sulfide) groups is 1. The molecule has 0 aliphatic heterocycles. The van der Waals surface area contributed by atoms with Crippen LogP contribution in [0.1, 0.15) is 16.3 Å². The van der Waals surface area contributed by atoms with Crippen LogP contribution in [0.15, 0.2) is 47.4 Å². The lowest BCUT2D eigenvalue weighted by molar-refractivity contribution is 0.0947. The third-order valence-corrected chi connectivity index (χ3v) is 4.19. The van der Waals surface area contributed by atoms with Gasteiger partial charge in [-0.3, -0.25) is 9.59 Å². The first-order valence-corrected chi connectivity index (χ1v) is 8.98. The molecule has 2 N–H and O–H groups in total. The Kier molecular flexibility index (Phi) is 5.00. The molecule has 0 aliphatic carbocycles. The molecule has 6 nitrogen and oxygen atoms in total. The van der Waals surface area contributed by atoms with E-state index in [0.717, 1.165) is 5.52 Å². The molecule has 0 unspecified atom stereocenters. The summed E-state index contributed by atoms with van der Waals surface area (Å²) in [5.74, 6) is 0.739. The van der Waals surface area contributed by atoms with Crippen molar-refractivity contribution in [3.63, 3.8) is 0 Å². The summed E-state index contributed by atoms with van der Waals surface area (Å²) in [6.07, 6.45) is 3.91. The number of hydrogen-bond acceptors (Lipinski definition) is 4. The summed E-state index contributed by atoms with van der Waals surface area (Å²) in [4.78, 5) is 30.6. The number of aromatic nitrogens is 3. The minimum atomic E-state index is -0.333. The zero-order valence-corrected chi connectivity index (χ0v) is 14.1. The van der Waals surface area contributed by atoms with E-state index in [1.165, 1.54) is 23.2 Å². The molecule has 3 rings (SSSR count). The Bertz CT molecular complexity index is 916. The standard InChI is InChI=1S/C17H18N4O2S/c1-24-11-15-19-13(10-16(22)20-15)17(23)18-7-9-21-8-6-12-4-2-3-5-14(12)21/h2-6,8,10H,7,9,11H2,1H3,(H,18,23)(H,19,20,22). The van der Waals surface area contributed by atoms with E-state index in [0.29, 0.717) is 24.7 Å². The van der Waals surface area contributed by atoms with Crippen molar-refractivity contribution >= 4 is 28.6 Å². The first-order chi connectivity index (χ1) is 11.7. The fraction of sp³-hybridized carbons (Fsp3) is 0.235. The fourth-order valence-corrected chi connectivity index (χ4v) is 2.96. The minimum Gasteiger partial charge on any atom is -0.349 e. The molecule has 24 heavy (non-hydrogen) atoms. The molecule has 0 spiro atoms. The van der Waals surface area contributed by atoms with Crippen molar-refractivity contribution in [2.75, 3.05) is 12.8 Å². The van der Waals surface area contributed by atoms with Gasteiger partial charge < -0.3 is 14.9 Å². The predicted octanol–water partition coefficient (Wildman–Crippen LogP) is 2.02. The molecule has 0 radical (unpaired) electrons. The van der Waals surface area contributed by atoms with E-state index in [4.69, 9.17) is 0 Å². The van der Waals surface area contributed by atoms with Gasteiger partial charge >= 0.3 is 0 Å². The van der Waals surface area contributed by atoms with Gasteiger partial charge in [0.25, 0.3) is 11.5 Å². The highest BCUT2D eigenvalue weighted by Crippen LogP contribution is 2.14. The fourth-order valence-electron chi connectivity index (χ4n) is 2.55. The van der Waals surface area contributed by atoms with E-state index in [9.17, 15) is 9.59 Å². The van der Waals surface area contributed by atoms with Crippen molar-refractivity contribution in [1.29, 1.82) is 0 Å². The first kappa shape index (κ1) is 16.3. The summed E-state index contributed by atoms with van der Waals surface area (Å²) in [6.45, 7) is 1.12. The van der Waals surface area contributed by atoms with Crippen LogP contribution in [0.3, 0.4) is 0 Å². The number of hydrogen-bond donors (Lipinski definition) is 2. The Morgan fingerprint density at radius 3 is 3.00 bits per heavy atom. The number of fused-ring (bicyclic) bond motifs is 1. The van der Waals surface area contributed by atoms with Crippen LogP contribution in [0, 0.1) is 0 Å². The van der Waals surface area contributed by atoms with Gasteiger partial charge in [-0.2, -0.15) is 11.8 Å². The highest BCUT2D eigenvalue weighted by molar-refractivity contribution is 7.97. The number of amides is 1. The molecule has 1 amide bonds. The van der Waals surface area contributed by atoms with Crippen LogP contribution >= 0.6 is 11.8 Å². The molecule has 7 heteroatoms. The maximum Gasteiger partial charge on any atom is 0.270 e. The molecule has 0 bridgehead atoms.